The van der Waals surface area contributed by atoms with Gasteiger partial charge in [-0.25, -0.2) is 9.78 Å². The van der Waals surface area contributed by atoms with Crippen LogP contribution in [0.4, 0.5) is 0 Å². The van der Waals surface area contributed by atoms with E-state index >= 15 is 0 Å². The number of pyridine rings is 2. The lowest BCUT2D eigenvalue weighted by Crippen LogP contribution is -2.26. The second-order valence-corrected chi connectivity index (χ2v) is 4.20. The molecule has 0 atom stereocenters. The highest BCUT2D eigenvalue weighted by Crippen LogP contribution is 2.13. The monoisotopic (exact) mass is 283 g/mol. The van der Waals surface area contributed by atoms with Crippen LogP contribution in [0, 0.1) is 0 Å². The van der Waals surface area contributed by atoms with Crippen molar-refractivity contribution in [2.75, 3.05) is 0 Å². The maximum Gasteiger partial charge on any atom is 0.341 e. The highest BCUT2D eigenvalue weighted by molar-refractivity contribution is 7.80. The molecule has 0 spiro atoms. The van der Waals surface area contributed by atoms with E-state index in [2.05, 4.69) is 4.98 Å². The third-order valence-electron chi connectivity index (χ3n) is 2.28. The Kier molecular flexibility index (Phi) is 3.02. The molecule has 0 aromatic carbocycles. The Labute approximate surface area is 111 Å². The third-order valence-corrected chi connectivity index (χ3v) is 2.69. The number of fused-ring (bicyclic) bond motifs is 1. The smallest absolute Gasteiger partial charge is 0.341 e. The Morgan fingerprint density at radius 3 is 2.72 bits per heavy atom. The van der Waals surface area contributed by atoms with E-state index in [0.717, 1.165) is 10.8 Å². The maximum atomic E-state index is 11.9. The van der Waals surface area contributed by atoms with Gasteiger partial charge in [0.1, 0.15) is 10.7 Å². The van der Waals surface area contributed by atoms with Crippen LogP contribution in [-0.4, -0.2) is 25.7 Å². The van der Waals surface area contributed by atoms with Crippen LogP contribution in [0.3, 0.4) is 0 Å². The van der Waals surface area contributed by atoms with Crippen LogP contribution in [0.2, 0.25) is 5.15 Å². The van der Waals surface area contributed by atoms with Crippen LogP contribution in [0.25, 0.3) is 11.0 Å². The van der Waals surface area contributed by atoms with Crippen LogP contribution in [-0.2, 0) is 0 Å². The summed E-state index contributed by atoms with van der Waals surface area (Å²) in [7, 11) is 0. The van der Waals surface area contributed by atoms with Crippen molar-refractivity contribution in [1.82, 2.24) is 9.55 Å². The van der Waals surface area contributed by atoms with Crippen LogP contribution in [0.5, 0.6) is 0 Å². The molecule has 0 unspecified atom stereocenters. The van der Waals surface area contributed by atoms with Gasteiger partial charge in [-0.15, -0.1) is 0 Å². The van der Waals surface area contributed by atoms with Gasteiger partial charge in [-0.3, -0.25) is 9.36 Å². The van der Waals surface area contributed by atoms with Crippen molar-refractivity contribution in [3.8, 4) is 0 Å². The van der Waals surface area contributed by atoms with E-state index in [1.807, 2.05) is 0 Å². The zero-order valence-corrected chi connectivity index (χ0v) is 10.3. The predicted molar refractivity (Wildman–Crippen MR) is 70.2 cm³/mol. The molecule has 0 bridgehead atoms. The van der Waals surface area contributed by atoms with Gasteiger partial charge in [0, 0.05) is 6.20 Å². The van der Waals surface area contributed by atoms with Crippen LogP contribution < -0.4 is 11.2 Å². The molecule has 2 aromatic rings. The standard InChI is InChI=1S/C10H6ClN3O3S/c11-6-2-1-4-7(15)5(9(16)17)3-14(10(12)18)8(4)13-6/h1-3H,(H2,12,18)(H,16,17). The molecular formula is C10H6ClN3O3S. The van der Waals surface area contributed by atoms with Crippen molar-refractivity contribution in [3.63, 3.8) is 0 Å². The molecule has 6 nitrogen and oxygen atoms in total. The van der Waals surface area contributed by atoms with E-state index in [0.29, 0.717) is 0 Å². The van der Waals surface area contributed by atoms with Crippen molar-refractivity contribution in [2.24, 2.45) is 5.73 Å². The van der Waals surface area contributed by atoms with Gasteiger partial charge in [0.15, 0.2) is 10.8 Å². The normalized spacial score (nSPS) is 10.5. The zero-order chi connectivity index (χ0) is 13.4. The predicted octanol–water partition coefficient (Wildman–Crippen LogP) is 0.840. The second kappa shape index (κ2) is 4.35. The topological polar surface area (TPSA) is 98.2 Å². The van der Waals surface area contributed by atoms with E-state index in [4.69, 9.17) is 34.7 Å². The largest absolute Gasteiger partial charge is 0.477 e. The molecule has 2 aromatic heterocycles. The van der Waals surface area contributed by atoms with Gasteiger partial charge in [-0.1, -0.05) is 11.6 Å². The summed E-state index contributed by atoms with van der Waals surface area (Å²) in [4.78, 5) is 26.8. The van der Waals surface area contributed by atoms with Crippen LogP contribution in [0.15, 0.2) is 23.1 Å². The van der Waals surface area contributed by atoms with Gasteiger partial charge >= 0.3 is 5.97 Å². The number of aromatic carboxylic acids is 1. The first-order valence-corrected chi connectivity index (χ1v) is 5.45. The molecule has 0 radical (unpaired) electrons. The van der Waals surface area contributed by atoms with Crippen molar-refractivity contribution >= 4 is 45.9 Å². The van der Waals surface area contributed by atoms with E-state index in [1.54, 1.807) is 0 Å². The lowest BCUT2D eigenvalue weighted by Gasteiger charge is -2.09. The van der Waals surface area contributed by atoms with E-state index in [-0.39, 0.29) is 21.3 Å². The SMILES string of the molecule is NC(=S)n1cc(C(=O)O)c(=O)c2ccc(Cl)nc21. The van der Waals surface area contributed by atoms with Crippen molar-refractivity contribution < 1.29 is 9.90 Å². The Bertz CT molecular complexity index is 741. The minimum atomic E-state index is -1.36. The molecule has 0 aliphatic heterocycles. The number of aromatic nitrogens is 2. The summed E-state index contributed by atoms with van der Waals surface area (Å²) in [6.07, 6.45) is 1.04. The number of nitrogens with two attached hydrogens (primary N) is 1. The quantitative estimate of drug-likeness (QED) is 0.594. The molecule has 2 rings (SSSR count). The van der Waals surface area contributed by atoms with Gasteiger partial charge in [0.25, 0.3) is 0 Å². The molecule has 0 aliphatic carbocycles. The lowest BCUT2D eigenvalue weighted by molar-refractivity contribution is 0.0695. The van der Waals surface area contributed by atoms with Crippen LogP contribution in [0.1, 0.15) is 10.4 Å². The Balaban J connectivity index is 3.01. The van der Waals surface area contributed by atoms with Gasteiger partial charge in [0.2, 0.25) is 5.43 Å². The first-order chi connectivity index (χ1) is 8.41. The van der Waals surface area contributed by atoms with Crippen molar-refractivity contribution in [3.05, 3.63) is 39.3 Å². The second-order valence-electron chi connectivity index (χ2n) is 3.39. The number of thiocarbonyl (C=S) groups is 1. The first-order valence-electron chi connectivity index (χ1n) is 4.67. The van der Waals surface area contributed by atoms with Crippen LogP contribution >= 0.6 is 23.8 Å². The molecule has 0 saturated carbocycles. The molecule has 0 saturated heterocycles. The summed E-state index contributed by atoms with van der Waals surface area (Å²) in [5, 5.41) is 9.05. The summed E-state index contributed by atoms with van der Waals surface area (Å²) in [6, 6.07) is 2.77. The molecule has 92 valence electrons. The Morgan fingerprint density at radius 2 is 2.17 bits per heavy atom. The molecule has 3 N–H and O–H groups in total. The molecular weight excluding hydrogens is 278 g/mol. The first kappa shape index (κ1) is 12.5. The zero-order valence-electron chi connectivity index (χ0n) is 8.75. The highest BCUT2D eigenvalue weighted by atomic mass is 35.5. The van der Waals surface area contributed by atoms with E-state index < -0.39 is 17.0 Å². The van der Waals surface area contributed by atoms with Crippen molar-refractivity contribution in [1.29, 1.82) is 0 Å². The van der Waals surface area contributed by atoms with Crippen molar-refractivity contribution in [2.45, 2.75) is 0 Å². The fraction of sp³-hybridized carbons (Fsp3) is 0. The summed E-state index contributed by atoms with van der Waals surface area (Å²) in [5.41, 5.74) is 4.51. The summed E-state index contributed by atoms with van der Waals surface area (Å²) >= 11 is 10.5. The fourth-order valence-corrected chi connectivity index (χ4v) is 1.78. The number of carbonyl (C=O) groups is 1. The fourth-order valence-electron chi connectivity index (χ4n) is 1.50. The molecule has 18 heavy (non-hydrogen) atoms. The number of nitrogens with zero attached hydrogens (tertiary/aromatic N) is 2. The van der Waals surface area contributed by atoms with E-state index in [1.165, 1.54) is 12.1 Å². The molecule has 0 amide bonds. The average molecular weight is 284 g/mol. The minimum Gasteiger partial charge on any atom is -0.477 e. The summed E-state index contributed by atoms with van der Waals surface area (Å²) in [6.45, 7) is 0. The molecule has 8 heteroatoms. The number of hydrogen-bond acceptors (Lipinski definition) is 4. The molecule has 2 heterocycles. The lowest BCUT2D eigenvalue weighted by atomic mass is 10.2. The minimum absolute atomic E-state index is 0.0899. The number of halogens is 1. The summed E-state index contributed by atoms with van der Waals surface area (Å²) < 4.78 is 1.14. The van der Waals surface area contributed by atoms with Gasteiger partial charge in [-0.2, -0.15) is 0 Å². The van der Waals surface area contributed by atoms with Gasteiger partial charge < -0.3 is 10.8 Å². The Morgan fingerprint density at radius 1 is 1.50 bits per heavy atom. The van der Waals surface area contributed by atoms with Gasteiger partial charge in [-0.05, 0) is 24.4 Å². The summed E-state index contributed by atoms with van der Waals surface area (Å²) in [5.74, 6) is -1.36. The average Bonchev–Trinajstić information content (AvgIpc) is 2.28. The highest BCUT2D eigenvalue weighted by Gasteiger charge is 2.16. The Hall–Kier alpha value is -1.99. The van der Waals surface area contributed by atoms with Gasteiger partial charge in [0.05, 0.1) is 5.39 Å². The number of carboxylic acids is 1. The molecule has 0 fully saturated rings. The third kappa shape index (κ3) is 1.93. The van der Waals surface area contributed by atoms with E-state index in [9.17, 15) is 9.59 Å². The number of rotatable bonds is 1. The molecule has 0 aliphatic rings. The maximum absolute atomic E-state index is 11.9. The number of hydrogen-bond donors (Lipinski definition) is 2. The number of carboxylic acid groups (broad SMARTS) is 1.